The number of rotatable bonds is 3. The Kier molecular flexibility index (Phi) is 4.81. The minimum absolute atomic E-state index is 0.178. The second kappa shape index (κ2) is 6.19. The highest BCUT2D eigenvalue weighted by atomic mass is 32.2. The van der Waals surface area contributed by atoms with E-state index in [-0.39, 0.29) is 10.8 Å². The summed E-state index contributed by atoms with van der Waals surface area (Å²) in [4.78, 5) is 4.47. The molecule has 0 radical (unpaired) electrons. The van der Waals surface area contributed by atoms with E-state index in [4.69, 9.17) is 4.52 Å². The van der Waals surface area contributed by atoms with Gasteiger partial charge in [-0.1, -0.05) is 46.7 Å². The zero-order valence-corrected chi connectivity index (χ0v) is 15.8. The Morgan fingerprint density at radius 1 is 1.04 bits per heavy atom. The lowest BCUT2D eigenvalue weighted by Gasteiger charge is -2.27. The third-order valence-electron chi connectivity index (χ3n) is 3.71. The Labute approximate surface area is 142 Å². The van der Waals surface area contributed by atoms with Gasteiger partial charge in [-0.15, -0.1) is 0 Å². The van der Waals surface area contributed by atoms with Crippen LogP contribution in [-0.2, 0) is 16.6 Å². The first-order valence-electron chi connectivity index (χ1n) is 7.74. The monoisotopic (exact) mass is 334 g/mol. The van der Waals surface area contributed by atoms with E-state index in [1.54, 1.807) is 11.8 Å². The quantitative estimate of drug-likeness (QED) is 0.865. The maximum atomic E-state index is 10.8. The van der Waals surface area contributed by atoms with E-state index in [2.05, 4.69) is 51.7 Å². The Morgan fingerprint density at radius 2 is 1.57 bits per heavy atom. The van der Waals surface area contributed by atoms with Crippen molar-refractivity contribution in [2.75, 3.05) is 6.26 Å². The van der Waals surface area contributed by atoms with E-state index in [1.165, 1.54) is 0 Å². The molecule has 2 aromatic rings. The Bertz CT molecular complexity index is 659. The van der Waals surface area contributed by atoms with Gasteiger partial charge in [-0.2, -0.15) is 16.7 Å². The van der Waals surface area contributed by atoms with E-state index in [1.807, 2.05) is 18.4 Å². The van der Waals surface area contributed by atoms with Crippen molar-refractivity contribution < 1.29 is 9.63 Å². The molecular formula is C18H26N2O2S. The van der Waals surface area contributed by atoms with Crippen LogP contribution in [0.2, 0.25) is 0 Å². The van der Waals surface area contributed by atoms with E-state index < -0.39 is 0 Å². The molecule has 126 valence electrons. The molecule has 0 fully saturated rings. The van der Waals surface area contributed by atoms with Gasteiger partial charge < -0.3 is 9.63 Å². The number of hydrogen-bond donors (Lipinski definition) is 1. The fourth-order valence-corrected chi connectivity index (χ4v) is 2.84. The Hall–Kier alpha value is -1.49. The van der Waals surface area contributed by atoms with E-state index in [0.29, 0.717) is 17.5 Å². The SMILES string of the molecule is CSCc1noc(-c2cc(C(C)(C)C)c(O)c(C(C)(C)C)c2)n1. The Morgan fingerprint density at radius 3 is 2.00 bits per heavy atom. The third-order valence-corrected chi connectivity index (χ3v) is 4.26. The second-order valence-electron chi connectivity index (χ2n) is 7.87. The number of hydrogen-bond acceptors (Lipinski definition) is 5. The minimum atomic E-state index is -0.178. The summed E-state index contributed by atoms with van der Waals surface area (Å²) >= 11 is 1.66. The van der Waals surface area contributed by atoms with E-state index >= 15 is 0 Å². The number of phenolic OH excluding ortho intramolecular Hbond substituents is 1. The zero-order chi connectivity index (χ0) is 17.4. The predicted octanol–water partition coefficient (Wildman–Crippen LogP) is 4.90. The van der Waals surface area contributed by atoms with Gasteiger partial charge in [0.1, 0.15) is 5.75 Å². The largest absolute Gasteiger partial charge is 0.507 e. The van der Waals surface area contributed by atoms with Gasteiger partial charge in [0, 0.05) is 16.7 Å². The van der Waals surface area contributed by atoms with E-state index in [9.17, 15) is 5.11 Å². The van der Waals surface area contributed by atoms with Crippen molar-refractivity contribution in [2.45, 2.75) is 58.1 Å². The summed E-state index contributed by atoms with van der Waals surface area (Å²) in [6.45, 7) is 12.5. The van der Waals surface area contributed by atoms with Crippen molar-refractivity contribution in [3.05, 3.63) is 29.1 Å². The molecular weight excluding hydrogens is 308 g/mol. The van der Waals surface area contributed by atoms with Gasteiger partial charge in [-0.25, -0.2) is 0 Å². The van der Waals surface area contributed by atoms with Gasteiger partial charge in [0.2, 0.25) is 0 Å². The van der Waals surface area contributed by atoms with Crippen LogP contribution in [0.4, 0.5) is 0 Å². The van der Waals surface area contributed by atoms with Crippen LogP contribution >= 0.6 is 11.8 Å². The predicted molar refractivity (Wildman–Crippen MR) is 96.0 cm³/mol. The van der Waals surface area contributed by atoms with Crippen molar-refractivity contribution in [1.29, 1.82) is 0 Å². The molecule has 2 rings (SSSR count). The third kappa shape index (κ3) is 3.89. The average molecular weight is 334 g/mol. The molecule has 0 atom stereocenters. The van der Waals surface area contributed by atoms with Crippen LogP contribution in [0.25, 0.3) is 11.5 Å². The van der Waals surface area contributed by atoms with Crippen molar-refractivity contribution in [3.8, 4) is 17.2 Å². The van der Waals surface area contributed by atoms with Gasteiger partial charge in [-0.05, 0) is 29.2 Å². The maximum absolute atomic E-state index is 10.8. The van der Waals surface area contributed by atoms with E-state index in [0.717, 1.165) is 22.4 Å². The lowest BCUT2D eigenvalue weighted by Crippen LogP contribution is -2.17. The average Bonchev–Trinajstić information content (AvgIpc) is 2.85. The summed E-state index contributed by atoms with van der Waals surface area (Å²) in [6.07, 6.45) is 2.01. The number of aromatic nitrogens is 2. The van der Waals surface area contributed by atoms with Crippen molar-refractivity contribution in [3.63, 3.8) is 0 Å². The van der Waals surface area contributed by atoms with Crippen LogP contribution < -0.4 is 0 Å². The molecule has 1 heterocycles. The van der Waals surface area contributed by atoms with Crippen LogP contribution in [0.1, 0.15) is 58.5 Å². The molecule has 0 bridgehead atoms. The first kappa shape index (κ1) is 17.9. The molecule has 0 saturated carbocycles. The van der Waals surface area contributed by atoms with Crippen molar-refractivity contribution >= 4 is 11.8 Å². The zero-order valence-electron chi connectivity index (χ0n) is 15.0. The smallest absolute Gasteiger partial charge is 0.257 e. The summed E-state index contributed by atoms with van der Waals surface area (Å²) in [6, 6.07) is 3.92. The molecule has 0 saturated heterocycles. The van der Waals surface area contributed by atoms with Crippen LogP contribution in [0.15, 0.2) is 16.7 Å². The minimum Gasteiger partial charge on any atom is -0.507 e. The van der Waals surface area contributed by atoms with Gasteiger partial charge in [0.05, 0.1) is 5.75 Å². The normalized spacial score (nSPS) is 12.7. The van der Waals surface area contributed by atoms with Crippen LogP contribution in [0.3, 0.4) is 0 Å². The van der Waals surface area contributed by atoms with Crippen LogP contribution in [-0.4, -0.2) is 21.5 Å². The summed E-state index contributed by atoms with van der Waals surface area (Å²) < 4.78 is 5.42. The standard InChI is InChI=1S/C18H26N2O2S/c1-17(2,3)12-8-11(9-13(15(12)21)18(4,5)6)16-19-14(10-23-7)20-22-16/h8-9,21H,10H2,1-7H3. The molecule has 1 aromatic heterocycles. The fraction of sp³-hybridized carbons (Fsp3) is 0.556. The van der Waals surface area contributed by atoms with Gasteiger partial charge in [0.15, 0.2) is 5.82 Å². The van der Waals surface area contributed by atoms with Crippen molar-refractivity contribution in [2.24, 2.45) is 0 Å². The highest BCUT2D eigenvalue weighted by Gasteiger charge is 2.27. The molecule has 0 aliphatic heterocycles. The first-order chi connectivity index (χ1) is 10.5. The fourth-order valence-electron chi connectivity index (χ4n) is 2.46. The molecule has 23 heavy (non-hydrogen) atoms. The molecule has 4 nitrogen and oxygen atoms in total. The highest BCUT2D eigenvalue weighted by molar-refractivity contribution is 7.97. The number of benzene rings is 1. The summed E-state index contributed by atoms with van der Waals surface area (Å²) in [5, 5.41) is 14.8. The van der Waals surface area contributed by atoms with Crippen LogP contribution in [0.5, 0.6) is 5.75 Å². The molecule has 0 unspecified atom stereocenters. The molecule has 0 aliphatic carbocycles. The van der Waals surface area contributed by atoms with Gasteiger partial charge in [0.25, 0.3) is 5.89 Å². The first-order valence-corrected chi connectivity index (χ1v) is 9.13. The van der Waals surface area contributed by atoms with Gasteiger partial charge in [-0.3, -0.25) is 0 Å². The molecule has 0 amide bonds. The Balaban J connectivity index is 2.64. The van der Waals surface area contributed by atoms with Crippen LogP contribution in [0, 0.1) is 0 Å². The summed E-state index contributed by atoms with van der Waals surface area (Å²) in [5.41, 5.74) is 2.29. The molecule has 1 aromatic carbocycles. The molecule has 1 N–H and O–H groups in total. The number of aromatic hydroxyl groups is 1. The topological polar surface area (TPSA) is 59.2 Å². The highest BCUT2D eigenvalue weighted by Crippen LogP contribution is 2.41. The number of phenols is 1. The lowest BCUT2D eigenvalue weighted by atomic mass is 9.78. The van der Waals surface area contributed by atoms with Crippen molar-refractivity contribution in [1.82, 2.24) is 10.1 Å². The lowest BCUT2D eigenvalue weighted by molar-refractivity contribution is 0.418. The van der Waals surface area contributed by atoms with Gasteiger partial charge >= 0.3 is 0 Å². The maximum Gasteiger partial charge on any atom is 0.257 e. The summed E-state index contributed by atoms with van der Waals surface area (Å²) in [7, 11) is 0. The summed E-state index contributed by atoms with van der Waals surface area (Å²) in [5.74, 6) is 2.28. The molecule has 0 aliphatic rings. The molecule has 5 heteroatoms. The molecule has 0 spiro atoms. The number of thioether (sulfide) groups is 1. The number of nitrogens with zero attached hydrogens (tertiary/aromatic N) is 2. The second-order valence-corrected chi connectivity index (χ2v) is 8.73.